The summed E-state index contributed by atoms with van der Waals surface area (Å²) in [5, 5.41) is 9.62. The van der Waals surface area contributed by atoms with Crippen LogP contribution in [-0.2, 0) is 0 Å². The van der Waals surface area contributed by atoms with E-state index in [9.17, 15) is 5.11 Å². The maximum Gasteiger partial charge on any atom is 0.118 e. The molecule has 0 bridgehead atoms. The second kappa shape index (κ2) is 4.67. The van der Waals surface area contributed by atoms with Crippen LogP contribution in [0.2, 0.25) is 0 Å². The van der Waals surface area contributed by atoms with Gasteiger partial charge in [-0.1, -0.05) is 18.6 Å². The van der Waals surface area contributed by atoms with E-state index in [2.05, 4.69) is 12.1 Å². The third kappa shape index (κ3) is 2.51. The second-order valence-electron chi connectivity index (χ2n) is 4.29. The molecule has 1 aliphatic rings. The Labute approximate surface area is 90.9 Å². The predicted octanol–water partition coefficient (Wildman–Crippen LogP) is 2.71. The monoisotopic (exact) mass is 206 g/mol. The number of methoxy groups -OCH3 is 1. The standard InChI is InChI=1S/C13H18O2/c1-15-13-7-5-10(6-8-13)11-3-2-4-12(14)9-11/h5-8,11-12,14H,2-4,9H2,1H3/t11-,12-/m0/s1. The van der Waals surface area contributed by atoms with E-state index < -0.39 is 0 Å². The molecule has 0 aromatic heterocycles. The SMILES string of the molecule is COc1ccc([C@H]2CCC[C@H](O)C2)cc1. The molecule has 82 valence electrons. The van der Waals surface area contributed by atoms with E-state index in [0.717, 1.165) is 25.0 Å². The highest BCUT2D eigenvalue weighted by atomic mass is 16.5. The van der Waals surface area contributed by atoms with Gasteiger partial charge in [0.05, 0.1) is 13.2 Å². The van der Waals surface area contributed by atoms with Crippen LogP contribution in [0.4, 0.5) is 0 Å². The van der Waals surface area contributed by atoms with Gasteiger partial charge in [0.15, 0.2) is 0 Å². The fourth-order valence-electron chi connectivity index (χ4n) is 2.34. The molecule has 2 atom stereocenters. The number of ether oxygens (including phenoxy) is 1. The first-order valence-corrected chi connectivity index (χ1v) is 5.61. The van der Waals surface area contributed by atoms with Crippen molar-refractivity contribution in [3.63, 3.8) is 0 Å². The Morgan fingerprint density at radius 2 is 1.93 bits per heavy atom. The summed E-state index contributed by atoms with van der Waals surface area (Å²) >= 11 is 0. The van der Waals surface area contributed by atoms with Crippen LogP contribution in [0.3, 0.4) is 0 Å². The first kappa shape index (κ1) is 10.5. The van der Waals surface area contributed by atoms with Gasteiger partial charge in [0.25, 0.3) is 0 Å². The molecule has 1 aliphatic carbocycles. The molecule has 0 radical (unpaired) electrons. The van der Waals surface area contributed by atoms with Crippen LogP contribution in [0.25, 0.3) is 0 Å². The number of hydrogen-bond donors (Lipinski definition) is 1. The fraction of sp³-hybridized carbons (Fsp3) is 0.538. The molecule has 0 saturated heterocycles. The molecule has 1 N–H and O–H groups in total. The third-order valence-corrected chi connectivity index (χ3v) is 3.23. The average molecular weight is 206 g/mol. The molecular formula is C13H18O2. The molecule has 15 heavy (non-hydrogen) atoms. The van der Waals surface area contributed by atoms with Crippen molar-refractivity contribution in [1.29, 1.82) is 0 Å². The van der Waals surface area contributed by atoms with Crippen molar-refractivity contribution in [2.45, 2.75) is 37.7 Å². The Kier molecular flexibility index (Phi) is 3.27. The second-order valence-corrected chi connectivity index (χ2v) is 4.29. The van der Waals surface area contributed by atoms with E-state index in [1.54, 1.807) is 7.11 Å². The molecule has 1 aromatic rings. The van der Waals surface area contributed by atoms with Crippen molar-refractivity contribution in [2.75, 3.05) is 7.11 Å². The average Bonchev–Trinajstić information content (AvgIpc) is 2.29. The first-order chi connectivity index (χ1) is 7.29. The Hall–Kier alpha value is -1.02. The van der Waals surface area contributed by atoms with Crippen molar-refractivity contribution in [3.05, 3.63) is 29.8 Å². The minimum absolute atomic E-state index is 0.106. The van der Waals surface area contributed by atoms with Crippen LogP contribution in [-0.4, -0.2) is 18.3 Å². The van der Waals surface area contributed by atoms with Crippen LogP contribution < -0.4 is 4.74 Å². The minimum atomic E-state index is -0.106. The largest absolute Gasteiger partial charge is 0.497 e. The third-order valence-electron chi connectivity index (χ3n) is 3.23. The van der Waals surface area contributed by atoms with Crippen molar-refractivity contribution in [2.24, 2.45) is 0 Å². The number of benzene rings is 1. The minimum Gasteiger partial charge on any atom is -0.497 e. The highest BCUT2D eigenvalue weighted by Crippen LogP contribution is 2.33. The van der Waals surface area contributed by atoms with Gasteiger partial charge >= 0.3 is 0 Å². The summed E-state index contributed by atoms with van der Waals surface area (Å²) in [5.74, 6) is 1.43. The number of aliphatic hydroxyl groups excluding tert-OH is 1. The highest BCUT2D eigenvalue weighted by molar-refractivity contribution is 5.29. The molecule has 1 aromatic carbocycles. The van der Waals surface area contributed by atoms with Gasteiger partial charge in [-0.15, -0.1) is 0 Å². The molecule has 0 amide bonds. The lowest BCUT2D eigenvalue weighted by atomic mass is 9.82. The van der Waals surface area contributed by atoms with Crippen molar-refractivity contribution >= 4 is 0 Å². The molecule has 0 heterocycles. The van der Waals surface area contributed by atoms with E-state index in [1.807, 2.05) is 12.1 Å². The van der Waals surface area contributed by atoms with Gasteiger partial charge in [0, 0.05) is 0 Å². The Bertz CT molecular complexity index is 305. The van der Waals surface area contributed by atoms with Crippen LogP contribution in [0.5, 0.6) is 5.75 Å². The number of aliphatic hydroxyl groups is 1. The van der Waals surface area contributed by atoms with Gasteiger partial charge in [-0.3, -0.25) is 0 Å². The van der Waals surface area contributed by atoms with Crippen LogP contribution in [0, 0.1) is 0 Å². The topological polar surface area (TPSA) is 29.5 Å². The summed E-state index contributed by atoms with van der Waals surface area (Å²) < 4.78 is 5.13. The highest BCUT2D eigenvalue weighted by Gasteiger charge is 2.21. The van der Waals surface area contributed by atoms with Gasteiger partial charge in [0.1, 0.15) is 5.75 Å². The van der Waals surface area contributed by atoms with E-state index in [1.165, 1.54) is 12.0 Å². The summed E-state index contributed by atoms with van der Waals surface area (Å²) in [7, 11) is 1.68. The fourth-order valence-corrected chi connectivity index (χ4v) is 2.34. The van der Waals surface area contributed by atoms with Crippen molar-refractivity contribution in [3.8, 4) is 5.75 Å². The van der Waals surface area contributed by atoms with Crippen LogP contribution >= 0.6 is 0 Å². The maximum atomic E-state index is 9.62. The van der Waals surface area contributed by atoms with Crippen LogP contribution in [0.1, 0.15) is 37.2 Å². The van der Waals surface area contributed by atoms with Gasteiger partial charge in [-0.25, -0.2) is 0 Å². The lowest BCUT2D eigenvalue weighted by molar-refractivity contribution is 0.119. The Balaban J connectivity index is 2.07. The number of hydrogen-bond acceptors (Lipinski definition) is 2. The Morgan fingerprint density at radius 3 is 2.53 bits per heavy atom. The summed E-state index contributed by atoms with van der Waals surface area (Å²) in [5.41, 5.74) is 1.33. The summed E-state index contributed by atoms with van der Waals surface area (Å²) in [6, 6.07) is 8.22. The molecule has 0 spiro atoms. The van der Waals surface area contributed by atoms with E-state index >= 15 is 0 Å². The summed E-state index contributed by atoms with van der Waals surface area (Å²) in [6.45, 7) is 0. The molecule has 2 rings (SSSR count). The zero-order valence-electron chi connectivity index (χ0n) is 9.15. The zero-order chi connectivity index (χ0) is 10.7. The summed E-state index contributed by atoms with van der Waals surface area (Å²) in [4.78, 5) is 0. The first-order valence-electron chi connectivity index (χ1n) is 5.61. The molecule has 0 aliphatic heterocycles. The quantitative estimate of drug-likeness (QED) is 0.806. The summed E-state index contributed by atoms with van der Waals surface area (Å²) in [6.07, 6.45) is 4.10. The molecule has 0 unspecified atom stereocenters. The predicted molar refractivity (Wildman–Crippen MR) is 60.2 cm³/mol. The molecule has 2 nitrogen and oxygen atoms in total. The molecule has 1 fully saturated rings. The van der Waals surface area contributed by atoms with Gasteiger partial charge in [-0.05, 0) is 42.9 Å². The van der Waals surface area contributed by atoms with Crippen LogP contribution in [0.15, 0.2) is 24.3 Å². The van der Waals surface area contributed by atoms with Crippen molar-refractivity contribution < 1.29 is 9.84 Å². The smallest absolute Gasteiger partial charge is 0.118 e. The molecular weight excluding hydrogens is 188 g/mol. The van der Waals surface area contributed by atoms with E-state index in [-0.39, 0.29) is 6.10 Å². The molecule has 1 saturated carbocycles. The lowest BCUT2D eigenvalue weighted by Gasteiger charge is -2.26. The lowest BCUT2D eigenvalue weighted by Crippen LogP contribution is -2.18. The Morgan fingerprint density at radius 1 is 1.20 bits per heavy atom. The maximum absolute atomic E-state index is 9.62. The normalized spacial score (nSPS) is 26.3. The van der Waals surface area contributed by atoms with E-state index in [0.29, 0.717) is 5.92 Å². The van der Waals surface area contributed by atoms with Gasteiger partial charge < -0.3 is 9.84 Å². The van der Waals surface area contributed by atoms with Crippen molar-refractivity contribution in [1.82, 2.24) is 0 Å². The van der Waals surface area contributed by atoms with Gasteiger partial charge in [-0.2, -0.15) is 0 Å². The molecule has 2 heteroatoms. The number of rotatable bonds is 2. The van der Waals surface area contributed by atoms with Gasteiger partial charge in [0.2, 0.25) is 0 Å². The zero-order valence-corrected chi connectivity index (χ0v) is 9.15. The van der Waals surface area contributed by atoms with E-state index in [4.69, 9.17) is 4.74 Å².